The molecule has 0 saturated heterocycles. The van der Waals surface area contributed by atoms with Gasteiger partial charge in [-0.2, -0.15) is 0 Å². The van der Waals surface area contributed by atoms with Gasteiger partial charge in [-0.3, -0.25) is 34.3 Å². The van der Waals surface area contributed by atoms with Crippen LogP contribution in [0.25, 0.3) is 0 Å². The fourth-order valence-electron chi connectivity index (χ4n) is 6.55. The van der Waals surface area contributed by atoms with Gasteiger partial charge in [-0.1, -0.05) is 36.0 Å². The number of carboxylic acid groups (broad SMARTS) is 1. The van der Waals surface area contributed by atoms with Crippen LogP contribution in [0.4, 0.5) is 9.93 Å². The minimum Gasteiger partial charge on any atom is -0.493 e. The molecule has 83 heavy (non-hydrogen) atoms. The lowest BCUT2D eigenvalue weighted by Crippen LogP contribution is -2.39. The number of hydrogen-bond acceptors (Lipinski definition) is 23. The number of aromatic nitrogens is 2. The lowest BCUT2D eigenvalue weighted by molar-refractivity contribution is -0.137. The van der Waals surface area contributed by atoms with Crippen molar-refractivity contribution in [2.24, 2.45) is 0 Å². The first kappa shape index (κ1) is 71.8. The molecule has 0 saturated carbocycles. The Labute approximate surface area is 492 Å². The van der Waals surface area contributed by atoms with E-state index in [1.807, 2.05) is 6.07 Å². The third-order valence-electron chi connectivity index (χ3n) is 10.6. The molecule has 0 unspecified atom stereocenters. The van der Waals surface area contributed by atoms with Crippen LogP contribution in [0.3, 0.4) is 0 Å². The molecule has 6 N–H and O–H groups in total. The fraction of sp³-hybridized carbons (Fsp3) is 0.630. The third kappa shape index (κ3) is 40.4. The van der Waals surface area contributed by atoms with Crippen molar-refractivity contribution in [3.63, 3.8) is 0 Å². The number of amides is 5. The smallest absolute Gasteiger partial charge is 0.321 e. The van der Waals surface area contributed by atoms with E-state index in [-0.39, 0.29) is 47.8 Å². The second kappa shape index (κ2) is 49.9. The van der Waals surface area contributed by atoms with Crippen LogP contribution in [0.5, 0.6) is 5.75 Å². The summed E-state index contributed by atoms with van der Waals surface area (Å²) in [4.78, 5) is 80.4. The highest BCUT2D eigenvalue weighted by Gasteiger charge is 2.20. The van der Waals surface area contributed by atoms with Gasteiger partial charge >= 0.3 is 12.0 Å². The zero-order valence-electron chi connectivity index (χ0n) is 47.3. The second-order valence-corrected chi connectivity index (χ2v) is 19.3. The van der Waals surface area contributed by atoms with Crippen LogP contribution in [0.1, 0.15) is 53.8 Å². The first-order valence-corrected chi connectivity index (χ1v) is 29.2. The average Bonchev–Trinajstić information content (AvgIpc) is 4.06. The zero-order valence-corrected chi connectivity index (χ0v) is 48.9. The molecule has 0 bridgehead atoms. The maximum atomic E-state index is 12.7. The topological polar surface area (TPSA) is 329 Å². The molecule has 29 heteroatoms. The summed E-state index contributed by atoms with van der Waals surface area (Å²) >= 11 is 2.26. The number of pyridine rings is 1. The number of aliphatic carboxylic acids is 1. The molecule has 0 fully saturated rings. The number of para-hydroxylation sites is 1. The van der Waals surface area contributed by atoms with Crippen LogP contribution in [0, 0.1) is 0 Å². The molecule has 1 aromatic carbocycles. The predicted octanol–water partition coefficient (Wildman–Crippen LogP) is 2.68. The highest BCUT2D eigenvalue weighted by Crippen LogP contribution is 2.19. The SMILES string of the molecule is CC(=O)SCCOCCOCCOCCOCCOCCOCCOCCOCCOCCOCCOCCOCCC(=O)NCCCOc1ccccc1CNC(=O)Nc1nc(C(=O)NCC(=O)N[C@H](CC(=O)O)c2cccnc2)cs1. The molecular weight excluding hydrogens is 1130 g/mol. The number of carbonyl (C=O) groups is 6. The Morgan fingerprint density at radius 3 is 1.59 bits per heavy atom. The lowest BCUT2D eigenvalue weighted by atomic mass is 10.1. The minimum atomic E-state index is -1.12. The molecule has 3 rings (SSSR count). The molecule has 2 aromatic heterocycles. The van der Waals surface area contributed by atoms with E-state index in [4.69, 9.17) is 61.6 Å². The largest absolute Gasteiger partial charge is 0.493 e. The monoisotopic (exact) mass is 1210 g/mol. The van der Waals surface area contributed by atoms with Gasteiger partial charge < -0.3 is 88.0 Å². The molecular formula is C54H83N7O20S2. The van der Waals surface area contributed by atoms with Gasteiger partial charge in [-0.15, -0.1) is 11.3 Å². The Morgan fingerprint density at radius 1 is 0.590 bits per heavy atom. The fourth-order valence-corrected chi connectivity index (χ4v) is 7.72. The van der Waals surface area contributed by atoms with E-state index in [1.165, 1.54) is 29.5 Å². The first-order valence-electron chi connectivity index (χ1n) is 27.3. The van der Waals surface area contributed by atoms with E-state index in [1.54, 1.807) is 37.3 Å². The number of ether oxygens (including phenoxy) is 13. The van der Waals surface area contributed by atoms with Crippen molar-refractivity contribution in [3.05, 3.63) is 71.0 Å². The summed E-state index contributed by atoms with van der Waals surface area (Å²) in [5, 5.41) is 24.1. The lowest BCUT2D eigenvalue weighted by Gasteiger charge is -2.17. The molecule has 0 aliphatic carbocycles. The van der Waals surface area contributed by atoms with Crippen molar-refractivity contribution in [2.75, 3.05) is 189 Å². The van der Waals surface area contributed by atoms with E-state index >= 15 is 0 Å². The van der Waals surface area contributed by atoms with Crippen molar-refractivity contribution in [1.82, 2.24) is 31.2 Å². The molecule has 466 valence electrons. The van der Waals surface area contributed by atoms with Crippen molar-refractivity contribution in [1.29, 1.82) is 0 Å². The quantitative estimate of drug-likeness (QED) is 0.0443. The summed E-state index contributed by atoms with van der Waals surface area (Å²) < 4.78 is 71.7. The van der Waals surface area contributed by atoms with Gasteiger partial charge in [0.25, 0.3) is 5.91 Å². The summed E-state index contributed by atoms with van der Waals surface area (Å²) in [6.07, 6.45) is 3.35. The van der Waals surface area contributed by atoms with Gasteiger partial charge in [0.1, 0.15) is 11.4 Å². The summed E-state index contributed by atoms with van der Waals surface area (Å²) in [6.45, 7) is 12.7. The molecule has 3 aromatic rings. The number of urea groups is 1. The second-order valence-electron chi connectivity index (χ2n) is 17.1. The molecule has 2 heterocycles. The summed E-state index contributed by atoms with van der Waals surface area (Å²) in [6, 6.07) is 9.03. The van der Waals surface area contributed by atoms with Crippen molar-refractivity contribution >= 4 is 63.1 Å². The summed E-state index contributed by atoms with van der Waals surface area (Å²) in [5.74, 6) is -1.32. The average molecular weight is 1210 g/mol. The van der Waals surface area contributed by atoms with E-state index in [0.29, 0.717) is 194 Å². The van der Waals surface area contributed by atoms with Crippen LogP contribution in [-0.4, -0.2) is 234 Å². The molecule has 0 aliphatic heterocycles. The van der Waals surface area contributed by atoms with Crippen LogP contribution in [0.2, 0.25) is 0 Å². The molecule has 1 atom stereocenters. The molecule has 0 aliphatic rings. The van der Waals surface area contributed by atoms with E-state index in [0.717, 1.165) is 11.3 Å². The Balaban J connectivity index is 1.02. The number of hydrogen-bond donors (Lipinski definition) is 6. The standard InChI is InChI=1S/C54H83N7O20S2/c1-43(62)82-37-36-80-35-34-79-33-32-78-31-30-77-29-28-76-27-26-75-25-24-74-23-22-73-21-20-72-19-18-71-17-16-70-15-14-69-13-9-49(63)56-11-5-12-81-48-8-3-2-6-45(48)40-58-53(68)61-54-60-47(42-83-54)52(67)57-41-50(64)59-46(38-51(65)66)44-7-4-10-55-39-44/h2-4,6-8,10,39,42,46H,5,9,11-38,40-41H2,1H3,(H,56,63)(H,57,67)(H,59,64)(H,65,66)(H2,58,60,61,68)/t46-/m1/s1. The number of carbonyl (C=O) groups excluding carboxylic acids is 5. The number of thiazole rings is 1. The number of nitrogens with one attached hydrogen (secondary N) is 5. The van der Waals surface area contributed by atoms with E-state index in [9.17, 15) is 33.9 Å². The number of anilines is 1. The Morgan fingerprint density at radius 2 is 1.10 bits per heavy atom. The van der Waals surface area contributed by atoms with Gasteiger partial charge in [-0.05, 0) is 24.1 Å². The van der Waals surface area contributed by atoms with Crippen molar-refractivity contribution in [3.8, 4) is 5.75 Å². The van der Waals surface area contributed by atoms with Gasteiger partial charge in [-0.25, -0.2) is 9.78 Å². The van der Waals surface area contributed by atoms with Crippen LogP contribution < -0.4 is 31.3 Å². The summed E-state index contributed by atoms with van der Waals surface area (Å²) in [5.41, 5.74) is 1.19. The van der Waals surface area contributed by atoms with Crippen LogP contribution in [-0.2, 0) is 82.6 Å². The number of nitrogens with zero attached hydrogens (tertiary/aromatic N) is 2. The maximum absolute atomic E-state index is 12.7. The number of thioether (sulfide) groups is 1. The first-order chi connectivity index (χ1) is 40.6. The van der Waals surface area contributed by atoms with Gasteiger partial charge in [0.15, 0.2) is 10.2 Å². The minimum absolute atomic E-state index is 0.0247. The molecule has 5 amide bonds. The predicted molar refractivity (Wildman–Crippen MR) is 305 cm³/mol. The molecule has 27 nitrogen and oxygen atoms in total. The van der Waals surface area contributed by atoms with Crippen molar-refractivity contribution in [2.45, 2.75) is 38.8 Å². The van der Waals surface area contributed by atoms with Gasteiger partial charge in [0.05, 0.1) is 184 Å². The summed E-state index contributed by atoms with van der Waals surface area (Å²) in [7, 11) is 0. The highest BCUT2D eigenvalue weighted by atomic mass is 32.2. The number of rotatable bonds is 54. The third-order valence-corrected chi connectivity index (χ3v) is 12.1. The zero-order chi connectivity index (χ0) is 59.5. The van der Waals surface area contributed by atoms with Crippen LogP contribution >= 0.6 is 23.1 Å². The Bertz CT molecular complexity index is 2190. The van der Waals surface area contributed by atoms with E-state index < -0.39 is 36.4 Å². The van der Waals surface area contributed by atoms with Gasteiger partial charge in [0.2, 0.25) is 11.8 Å². The Kier molecular flexibility index (Phi) is 43.1. The van der Waals surface area contributed by atoms with E-state index in [2.05, 4.69) is 36.6 Å². The van der Waals surface area contributed by atoms with Gasteiger partial charge in [0, 0.05) is 55.5 Å². The molecule has 0 spiro atoms. The number of benzene rings is 1. The maximum Gasteiger partial charge on any atom is 0.321 e. The highest BCUT2D eigenvalue weighted by molar-refractivity contribution is 8.13. The van der Waals surface area contributed by atoms with Crippen molar-refractivity contribution < 1.29 is 95.5 Å². The number of carboxylic acids is 1. The van der Waals surface area contributed by atoms with Crippen LogP contribution in [0.15, 0.2) is 54.2 Å². The molecule has 0 radical (unpaired) electrons. The normalized spacial score (nSPS) is 11.5. The Hall–Kier alpha value is -5.51.